The number of carbonyl (C=O) groups is 1. The molecule has 0 radical (unpaired) electrons. The maximum Gasteiger partial charge on any atom is 0.228 e. The van der Waals surface area contributed by atoms with Crippen molar-refractivity contribution in [3.63, 3.8) is 0 Å². The van der Waals surface area contributed by atoms with Crippen molar-refractivity contribution in [3.8, 4) is 5.69 Å². The number of rotatable bonds is 4. The third kappa shape index (κ3) is 3.45. The van der Waals surface area contributed by atoms with E-state index in [0.717, 1.165) is 16.9 Å². The Morgan fingerprint density at radius 1 is 1.13 bits per heavy atom. The summed E-state index contributed by atoms with van der Waals surface area (Å²) in [5.41, 5.74) is 3.21. The van der Waals surface area contributed by atoms with E-state index in [1.165, 1.54) is 12.1 Å². The molecule has 23 heavy (non-hydrogen) atoms. The van der Waals surface area contributed by atoms with Crippen LogP contribution in [0.2, 0.25) is 0 Å². The summed E-state index contributed by atoms with van der Waals surface area (Å²) in [7, 11) is 0. The summed E-state index contributed by atoms with van der Waals surface area (Å²) < 4.78 is 14.6. The number of nitrogens with zero attached hydrogens (tertiary/aromatic N) is 2. The van der Waals surface area contributed by atoms with Crippen molar-refractivity contribution in [1.82, 2.24) is 9.78 Å². The molecule has 1 amide bonds. The van der Waals surface area contributed by atoms with Gasteiger partial charge in [-0.05, 0) is 36.8 Å². The Morgan fingerprint density at radius 3 is 2.52 bits per heavy atom. The Morgan fingerprint density at radius 2 is 1.83 bits per heavy atom. The zero-order valence-corrected chi connectivity index (χ0v) is 12.7. The Hall–Kier alpha value is -2.95. The number of carbonyl (C=O) groups excluding carboxylic acids is 1. The number of nitrogens with one attached hydrogen (secondary N) is 1. The lowest BCUT2D eigenvalue weighted by molar-refractivity contribution is -0.115. The fourth-order valence-corrected chi connectivity index (χ4v) is 2.34. The van der Waals surface area contributed by atoms with Crippen LogP contribution in [0.3, 0.4) is 0 Å². The summed E-state index contributed by atoms with van der Waals surface area (Å²) in [5.74, 6) is -0.471. The van der Waals surface area contributed by atoms with Crippen molar-refractivity contribution in [3.05, 3.63) is 77.9 Å². The summed E-state index contributed by atoms with van der Waals surface area (Å²) >= 11 is 0. The average molecular weight is 309 g/mol. The largest absolute Gasteiger partial charge is 0.323 e. The maximum absolute atomic E-state index is 12.9. The number of anilines is 1. The van der Waals surface area contributed by atoms with Gasteiger partial charge >= 0.3 is 0 Å². The van der Waals surface area contributed by atoms with Gasteiger partial charge in [-0.15, -0.1) is 0 Å². The Bertz CT molecular complexity index is 810. The van der Waals surface area contributed by atoms with E-state index in [1.807, 2.05) is 37.3 Å². The smallest absolute Gasteiger partial charge is 0.228 e. The van der Waals surface area contributed by atoms with Crippen molar-refractivity contribution in [2.45, 2.75) is 13.3 Å². The van der Waals surface area contributed by atoms with Gasteiger partial charge in [-0.25, -0.2) is 9.07 Å². The van der Waals surface area contributed by atoms with E-state index in [2.05, 4.69) is 10.4 Å². The average Bonchev–Trinajstić information content (AvgIpc) is 2.91. The normalized spacial score (nSPS) is 10.5. The zero-order chi connectivity index (χ0) is 16.2. The van der Waals surface area contributed by atoms with Crippen LogP contribution in [-0.2, 0) is 11.2 Å². The first-order chi connectivity index (χ1) is 11.1. The monoisotopic (exact) mass is 309 g/mol. The van der Waals surface area contributed by atoms with Gasteiger partial charge in [0.2, 0.25) is 5.91 Å². The minimum absolute atomic E-state index is 0.160. The van der Waals surface area contributed by atoms with Crippen LogP contribution in [0.4, 0.5) is 10.1 Å². The molecule has 0 fully saturated rings. The first-order valence-electron chi connectivity index (χ1n) is 7.28. The quantitative estimate of drug-likeness (QED) is 0.802. The van der Waals surface area contributed by atoms with Gasteiger partial charge in [-0.1, -0.05) is 30.3 Å². The molecule has 3 aromatic rings. The van der Waals surface area contributed by atoms with E-state index in [9.17, 15) is 9.18 Å². The number of amides is 1. The fourth-order valence-electron chi connectivity index (χ4n) is 2.34. The molecule has 2 aromatic carbocycles. The van der Waals surface area contributed by atoms with Crippen molar-refractivity contribution in [2.24, 2.45) is 0 Å². The van der Waals surface area contributed by atoms with Crippen molar-refractivity contribution in [1.29, 1.82) is 0 Å². The number of aromatic nitrogens is 2. The number of para-hydroxylation sites is 1. The predicted molar refractivity (Wildman–Crippen MR) is 87.0 cm³/mol. The standard InChI is InChI=1S/C18H16FN3O/c1-13-17(12-20-22(13)16-5-3-2-4-6-16)21-18(23)11-14-7-9-15(19)10-8-14/h2-10,12H,11H2,1H3,(H,21,23). The summed E-state index contributed by atoms with van der Waals surface area (Å²) in [6.45, 7) is 1.90. The number of benzene rings is 2. The molecule has 1 heterocycles. The number of hydrogen-bond donors (Lipinski definition) is 1. The molecule has 0 aliphatic carbocycles. The van der Waals surface area contributed by atoms with Gasteiger partial charge in [0.25, 0.3) is 0 Å². The van der Waals surface area contributed by atoms with E-state index in [4.69, 9.17) is 0 Å². The van der Waals surface area contributed by atoms with Gasteiger partial charge in [0.15, 0.2) is 0 Å². The molecule has 0 aliphatic heterocycles. The summed E-state index contributed by atoms with van der Waals surface area (Å²) in [6, 6.07) is 15.6. The van der Waals surface area contributed by atoms with E-state index in [-0.39, 0.29) is 18.1 Å². The van der Waals surface area contributed by atoms with Crippen molar-refractivity contribution in [2.75, 3.05) is 5.32 Å². The van der Waals surface area contributed by atoms with Gasteiger partial charge in [-0.3, -0.25) is 4.79 Å². The molecule has 0 unspecified atom stereocenters. The lowest BCUT2D eigenvalue weighted by Crippen LogP contribution is -2.15. The third-order valence-corrected chi connectivity index (χ3v) is 3.56. The maximum atomic E-state index is 12.9. The molecule has 0 atom stereocenters. The Kier molecular flexibility index (Phi) is 4.19. The van der Waals surface area contributed by atoms with Crippen molar-refractivity contribution < 1.29 is 9.18 Å². The van der Waals surface area contributed by atoms with Crippen LogP contribution in [0, 0.1) is 12.7 Å². The molecule has 1 N–H and O–H groups in total. The molecule has 1 aromatic heterocycles. The van der Waals surface area contributed by atoms with Crippen LogP contribution in [0.1, 0.15) is 11.3 Å². The molecular weight excluding hydrogens is 293 g/mol. The van der Waals surface area contributed by atoms with E-state index in [0.29, 0.717) is 5.69 Å². The van der Waals surface area contributed by atoms with Crippen LogP contribution >= 0.6 is 0 Å². The van der Waals surface area contributed by atoms with Gasteiger partial charge in [-0.2, -0.15) is 5.10 Å². The van der Waals surface area contributed by atoms with E-state index in [1.54, 1.807) is 23.0 Å². The molecule has 5 heteroatoms. The summed E-state index contributed by atoms with van der Waals surface area (Å²) in [4.78, 5) is 12.1. The molecule has 3 rings (SSSR count). The molecule has 116 valence electrons. The second kappa shape index (κ2) is 6.44. The van der Waals surface area contributed by atoms with Crippen LogP contribution in [0.5, 0.6) is 0 Å². The molecule has 0 saturated carbocycles. The van der Waals surface area contributed by atoms with Gasteiger partial charge in [0.1, 0.15) is 5.82 Å². The van der Waals surface area contributed by atoms with Crippen LogP contribution in [0.15, 0.2) is 60.8 Å². The first-order valence-corrected chi connectivity index (χ1v) is 7.28. The van der Waals surface area contributed by atoms with Crippen molar-refractivity contribution >= 4 is 11.6 Å². The highest BCUT2D eigenvalue weighted by Gasteiger charge is 2.11. The van der Waals surface area contributed by atoms with Crippen LogP contribution < -0.4 is 5.32 Å². The van der Waals surface area contributed by atoms with Gasteiger partial charge in [0.05, 0.1) is 29.7 Å². The summed E-state index contributed by atoms with van der Waals surface area (Å²) in [6.07, 6.45) is 1.82. The fraction of sp³-hybridized carbons (Fsp3) is 0.111. The lowest BCUT2D eigenvalue weighted by Gasteiger charge is -2.07. The van der Waals surface area contributed by atoms with Gasteiger partial charge in [0, 0.05) is 0 Å². The Balaban J connectivity index is 1.72. The molecule has 0 aliphatic rings. The number of hydrogen-bond acceptors (Lipinski definition) is 2. The van der Waals surface area contributed by atoms with E-state index < -0.39 is 0 Å². The second-order valence-electron chi connectivity index (χ2n) is 5.24. The second-order valence-corrected chi connectivity index (χ2v) is 5.24. The van der Waals surface area contributed by atoms with Crippen LogP contribution in [-0.4, -0.2) is 15.7 Å². The molecule has 0 bridgehead atoms. The highest BCUT2D eigenvalue weighted by molar-refractivity contribution is 5.92. The minimum Gasteiger partial charge on any atom is -0.323 e. The topological polar surface area (TPSA) is 46.9 Å². The molecule has 4 nitrogen and oxygen atoms in total. The summed E-state index contributed by atoms with van der Waals surface area (Å²) in [5, 5.41) is 7.16. The highest BCUT2D eigenvalue weighted by Crippen LogP contribution is 2.18. The van der Waals surface area contributed by atoms with Crippen LogP contribution in [0.25, 0.3) is 5.69 Å². The number of halogens is 1. The SMILES string of the molecule is Cc1c(NC(=O)Cc2ccc(F)cc2)cnn1-c1ccccc1. The zero-order valence-electron chi connectivity index (χ0n) is 12.7. The molecule has 0 saturated heterocycles. The minimum atomic E-state index is -0.311. The highest BCUT2D eigenvalue weighted by atomic mass is 19.1. The lowest BCUT2D eigenvalue weighted by atomic mass is 10.1. The Labute approximate surface area is 133 Å². The molecular formula is C18H16FN3O. The predicted octanol–water partition coefficient (Wildman–Crippen LogP) is 3.50. The van der Waals surface area contributed by atoms with Gasteiger partial charge < -0.3 is 5.32 Å². The first kappa shape index (κ1) is 15.0. The third-order valence-electron chi connectivity index (χ3n) is 3.56. The molecule has 0 spiro atoms. The van der Waals surface area contributed by atoms with E-state index >= 15 is 0 Å².